The number of anilines is 1. The zero-order chi connectivity index (χ0) is 14.7. The molecule has 104 valence electrons. The van der Waals surface area contributed by atoms with Gasteiger partial charge in [0.2, 0.25) is 5.28 Å². The van der Waals surface area contributed by atoms with Crippen molar-refractivity contribution in [1.82, 2.24) is 9.97 Å². The number of amides is 1. The topological polar surface area (TPSA) is 80.9 Å². The number of nitrogens with one attached hydrogen (secondary N) is 1. The largest absolute Gasteiger partial charge is 0.365 e. The summed E-state index contributed by atoms with van der Waals surface area (Å²) in [7, 11) is 0. The van der Waals surface area contributed by atoms with Gasteiger partial charge in [0.05, 0.1) is 5.56 Å². The number of carbonyl (C=O) groups excluding carboxylic acids is 1. The Morgan fingerprint density at radius 3 is 2.80 bits per heavy atom. The molecule has 2 aromatic rings. The van der Waals surface area contributed by atoms with Crippen LogP contribution in [0.5, 0.6) is 0 Å². The summed E-state index contributed by atoms with van der Waals surface area (Å²) >= 11 is 5.62. The standard InChI is InChI=1S/C12H9ClF2N4O/c13-12-18-5-8(10(16)20)11(19-12)17-4-6-1-2-7(14)3-9(6)15/h1-3,5H,4H2,(H2,16,20)(H,17,18,19). The van der Waals surface area contributed by atoms with Crippen molar-refractivity contribution in [3.63, 3.8) is 0 Å². The fourth-order valence-corrected chi connectivity index (χ4v) is 1.65. The number of carbonyl (C=O) groups is 1. The van der Waals surface area contributed by atoms with Crippen molar-refractivity contribution < 1.29 is 13.6 Å². The summed E-state index contributed by atoms with van der Waals surface area (Å²) in [6, 6.07) is 3.17. The Hall–Kier alpha value is -2.28. The first-order valence-corrected chi connectivity index (χ1v) is 5.85. The van der Waals surface area contributed by atoms with Gasteiger partial charge in [0, 0.05) is 24.4 Å². The van der Waals surface area contributed by atoms with Gasteiger partial charge in [-0.15, -0.1) is 0 Å². The molecule has 0 saturated carbocycles. The van der Waals surface area contributed by atoms with E-state index in [2.05, 4.69) is 15.3 Å². The van der Waals surface area contributed by atoms with Crippen LogP contribution in [-0.2, 0) is 6.54 Å². The van der Waals surface area contributed by atoms with E-state index in [1.807, 2.05) is 0 Å². The molecule has 3 N–H and O–H groups in total. The monoisotopic (exact) mass is 298 g/mol. The van der Waals surface area contributed by atoms with Gasteiger partial charge in [0.25, 0.3) is 5.91 Å². The average molecular weight is 299 g/mol. The van der Waals surface area contributed by atoms with Crippen molar-refractivity contribution in [2.45, 2.75) is 6.54 Å². The summed E-state index contributed by atoms with van der Waals surface area (Å²) in [4.78, 5) is 18.6. The van der Waals surface area contributed by atoms with Gasteiger partial charge >= 0.3 is 0 Å². The second kappa shape index (κ2) is 5.79. The van der Waals surface area contributed by atoms with Crippen LogP contribution in [0.4, 0.5) is 14.6 Å². The van der Waals surface area contributed by atoms with E-state index in [1.165, 1.54) is 12.3 Å². The predicted molar refractivity (Wildman–Crippen MR) is 69.2 cm³/mol. The van der Waals surface area contributed by atoms with Gasteiger partial charge in [-0.1, -0.05) is 6.07 Å². The van der Waals surface area contributed by atoms with Gasteiger partial charge in [0.15, 0.2) is 0 Å². The van der Waals surface area contributed by atoms with Crippen LogP contribution in [0.1, 0.15) is 15.9 Å². The number of hydrogen-bond acceptors (Lipinski definition) is 4. The fourth-order valence-electron chi connectivity index (χ4n) is 1.52. The number of halogens is 3. The van der Waals surface area contributed by atoms with Crippen LogP contribution in [0.15, 0.2) is 24.4 Å². The quantitative estimate of drug-likeness (QED) is 0.847. The van der Waals surface area contributed by atoms with Crippen LogP contribution in [0.2, 0.25) is 5.28 Å². The first kappa shape index (κ1) is 14.1. The molecule has 0 unspecified atom stereocenters. The van der Waals surface area contributed by atoms with Crippen LogP contribution in [0, 0.1) is 11.6 Å². The minimum Gasteiger partial charge on any atom is -0.365 e. The number of hydrogen-bond donors (Lipinski definition) is 2. The SMILES string of the molecule is NC(=O)c1cnc(Cl)nc1NCc1ccc(F)cc1F. The summed E-state index contributed by atoms with van der Waals surface area (Å²) in [5.41, 5.74) is 5.39. The van der Waals surface area contributed by atoms with E-state index in [1.54, 1.807) is 0 Å². The Bertz CT molecular complexity index is 666. The highest BCUT2D eigenvalue weighted by atomic mass is 35.5. The van der Waals surface area contributed by atoms with Gasteiger partial charge in [-0.25, -0.2) is 13.8 Å². The molecule has 0 spiro atoms. The minimum absolute atomic E-state index is 0.0142. The van der Waals surface area contributed by atoms with Crippen molar-refractivity contribution in [3.05, 3.63) is 52.4 Å². The maximum Gasteiger partial charge on any atom is 0.254 e. The molecule has 0 atom stereocenters. The number of aromatic nitrogens is 2. The summed E-state index contributed by atoms with van der Waals surface area (Å²) in [5, 5.41) is 2.63. The Labute approximate surface area is 117 Å². The van der Waals surface area contributed by atoms with Gasteiger partial charge in [-0.2, -0.15) is 4.98 Å². The van der Waals surface area contributed by atoms with E-state index in [4.69, 9.17) is 17.3 Å². The summed E-state index contributed by atoms with van der Waals surface area (Å²) < 4.78 is 26.2. The van der Waals surface area contributed by atoms with Crippen molar-refractivity contribution >= 4 is 23.3 Å². The molecule has 0 fully saturated rings. The molecule has 1 aromatic heterocycles. The molecule has 8 heteroatoms. The van der Waals surface area contributed by atoms with Crippen molar-refractivity contribution in [3.8, 4) is 0 Å². The van der Waals surface area contributed by atoms with Gasteiger partial charge < -0.3 is 11.1 Å². The smallest absolute Gasteiger partial charge is 0.254 e. The number of nitrogens with zero attached hydrogens (tertiary/aromatic N) is 2. The molecule has 0 radical (unpaired) electrons. The molecular weight excluding hydrogens is 290 g/mol. The van der Waals surface area contributed by atoms with Gasteiger partial charge in [0.1, 0.15) is 17.5 Å². The van der Waals surface area contributed by atoms with Crippen LogP contribution < -0.4 is 11.1 Å². The number of rotatable bonds is 4. The minimum atomic E-state index is -0.747. The molecule has 20 heavy (non-hydrogen) atoms. The van der Waals surface area contributed by atoms with Crippen molar-refractivity contribution in [2.75, 3.05) is 5.32 Å². The van der Waals surface area contributed by atoms with E-state index >= 15 is 0 Å². The molecule has 0 saturated heterocycles. The Balaban J connectivity index is 2.22. The highest BCUT2D eigenvalue weighted by Crippen LogP contribution is 2.16. The maximum atomic E-state index is 13.5. The Kier molecular flexibility index (Phi) is 4.09. The maximum absolute atomic E-state index is 13.5. The number of benzene rings is 1. The molecule has 0 aliphatic heterocycles. The molecule has 1 amide bonds. The van der Waals surface area contributed by atoms with Crippen molar-refractivity contribution in [2.24, 2.45) is 5.73 Å². The van der Waals surface area contributed by atoms with Crippen molar-refractivity contribution in [1.29, 1.82) is 0 Å². The predicted octanol–water partition coefficient (Wildman–Crippen LogP) is 2.12. The highest BCUT2D eigenvalue weighted by molar-refractivity contribution is 6.28. The third kappa shape index (κ3) is 3.18. The zero-order valence-corrected chi connectivity index (χ0v) is 10.8. The third-order valence-electron chi connectivity index (χ3n) is 2.49. The lowest BCUT2D eigenvalue weighted by molar-refractivity contribution is 0.100. The second-order valence-corrected chi connectivity index (χ2v) is 4.19. The molecule has 1 aromatic carbocycles. The first-order valence-electron chi connectivity index (χ1n) is 5.47. The summed E-state index contributed by atoms with van der Waals surface area (Å²) in [6.07, 6.45) is 1.17. The molecule has 0 bridgehead atoms. The Morgan fingerprint density at radius 1 is 1.40 bits per heavy atom. The lowest BCUT2D eigenvalue weighted by Crippen LogP contribution is -2.16. The Morgan fingerprint density at radius 2 is 2.15 bits per heavy atom. The highest BCUT2D eigenvalue weighted by Gasteiger charge is 2.12. The molecule has 5 nitrogen and oxygen atoms in total. The van der Waals surface area contributed by atoms with E-state index < -0.39 is 17.5 Å². The molecule has 1 heterocycles. The van der Waals surface area contributed by atoms with Crippen LogP contribution >= 0.6 is 11.6 Å². The molecular formula is C12H9ClF2N4O. The van der Waals surface area contributed by atoms with Crippen LogP contribution in [0.25, 0.3) is 0 Å². The van der Waals surface area contributed by atoms with Crippen LogP contribution in [0.3, 0.4) is 0 Å². The molecule has 2 rings (SSSR count). The first-order chi connectivity index (χ1) is 9.47. The number of primary amides is 1. The fraction of sp³-hybridized carbons (Fsp3) is 0.0833. The zero-order valence-electron chi connectivity index (χ0n) is 10.0. The lowest BCUT2D eigenvalue weighted by Gasteiger charge is -2.09. The second-order valence-electron chi connectivity index (χ2n) is 3.85. The lowest BCUT2D eigenvalue weighted by atomic mass is 10.2. The molecule has 0 aliphatic carbocycles. The van der Waals surface area contributed by atoms with Gasteiger partial charge in [-0.3, -0.25) is 4.79 Å². The average Bonchev–Trinajstić information content (AvgIpc) is 2.37. The van der Waals surface area contributed by atoms with E-state index in [9.17, 15) is 13.6 Å². The van der Waals surface area contributed by atoms with Crippen LogP contribution in [-0.4, -0.2) is 15.9 Å². The molecule has 0 aliphatic rings. The third-order valence-corrected chi connectivity index (χ3v) is 2.67. The summed E-state index contributed by atoms with van der Waals surface area (Å²) in [6.45, 7) is -0.0142. The normalized spacial score (nSPS) is 10.3. The number of nitrogens with two attached hydrogens (primary N) is 1. The van der Waals surface area contributed by atoms with E-state index in [-0.39, 0.29) is 28.8 Å². The van der Waals surface area contributed by atoms with Gasteiger partial charge in [-0.05, 0) is 17.7 Å². The van der Waals surface area contributed by atoms with E-state index in [0.717, 1.165) is 12.1 Å². The summed E-state index contributed by atoms with van der Waals surface area (Å²) in [5.74, 6) is -2.04. The van der Waals surface area contributed by atoms with E-state index in [0.29, 0.717) is 0 Å².